The molecule has 1 saturated heterocycles. The lowest BCUT2D eigenvalue weighted by Gasteiger charge is -2.35. The average Bonchev–Trinajstić information content (AvgIpc) is 3.39. The summed E-state index contributed by atoms with van der Waals surface area (Å²) in [6, 6.07) is 13.7. The number of hydrogen-bond donors (Lipinski definition) is 3. The molecule has 0 amide bonds. The van der Waals surface area contributed by atoms with E-state index >= 15 is 0 Å². The van der Waals surface area contributed by atoms with Crippen LogP contribution in [0.25, 0.3) is 5.69 Å². The summed E-state index contributed by atoms with van der Waals surface area (Å²) in [5.41, 5.74) is 0.241. The first-order valence-electron chi connectivity index (χ1n) is 11.8. The van der Waals surface area contributed by atoms with Gasteiger partial charge in [-0.1, -0.05) is 59.1 Å². The molecule has 0 aliphatic carbocycles. The van der Waals surface area contributed by atoms with Crippen molar-refractivity contribution in [1.29, 1.82) is 0 Å². The predicted octanol–water partition coefficient (Wildman–Crippen LogP) is 5.39. The molecule has 0 saturated carbocycles. The Morgan fingerprint density at radius 3 is 1.97 bits per heavy atom. The number of H-pyrrole nitrogens is 1. The summed E-state index contributed by atoms with van der Waals surface area (Å²) in [5, 5.41) is 21.0. The first-order chi connectivity index (χ1) is 18.2. The lowest BCUT2D eigenvalue weighted by atomic mass is 10.1. The summed E-state index contributed by atoms with van der Waals surface area (Å²) in [6.45, 7) is 2.69. The smallest absolute Gasteiger partial charge is 0.215 e. The molecule has 0 bridgehead atoms. The van der Waals surface area contributed by atoms with Gasteiger partial charge in [0.15, 0.2) is 0 Å². The van der Waals surface area contributed by atoms with E-state index in [-0.39, 0.29) is 54.9 Å². The minimum absolute atomic E-state index is 0.000541. The molecule has 3 N–H and O–H groups in total. The number of rotatable bonds is 6. The number of nitrogens with zero attached hydrogens (tertiary/aromatic N) is 3. The number of aromatic amines is 1. The summed E-state index contributed by atoms with van der Waals surface area (Å²) in [4.78, 5) is 34.5. The van der Waals surface area contributed by atoms with Crippen LogP contribution in [0.5, 0.6) is 11.5 Å². The number of piperazine rings is 1. The lowest BCUT2D eigenvalue weighted by molar-refractivity contribution is 0.101. The lowest BCUT2D eigenvalue weighted by Crippen LogP contribution is -2.45. The molecule has 1 fully saturated rings. The Hall–Kier alpha value is -3.43. The second-order valence-corrected chi connectivity index (χ2v) is 10.2. The number of benzene rings is 2. The second kappa shape index (κ2) is 10.4. The highest BCUT2D eigenvalue weighted by Crippen LogP contribution is 2.42. The maximum atomic E-state index is 13.8. The predicted molar refractivity (Wildman–Crippen MR) is 148 cm³/mol. The van der Waals surface area contributed by atoms with Gasteiger partial charge in [-0.2, -0.15) is 0 Å². The largest absolute Gasteiger partial charge is 0.507 e. The average molecular weight is 574 g/mol. The Kier molecular flexibility index (Phi) is 7.15. The van der Waals surface area contributed by atoms with Crippen molar-refractivity contribution in [3.63, 3.8) is 0 Å². The van der Waals surface area contributed by atoms with Gasteiger partial charge in [0.05, 0.1) is 27.5 Å². The highest BCUT2D eigenvalue weighted by atomic mass is 35.5. The summed E-state index contributed by atoms with van der Waals surface area (Å²) < 4.78 is 1.51. The first kappa shape index (κ1) is 26.2. The molecule has 8 nitrogen and oxygen atoms in total. The molecule has 0 unspecified atom stereocenters. The maximum Gasteiger partial charge on any atom is 0.215 e. The number of aromatic nitrogens is 2. The van der Waals surface area contributed by atoms with Crippen LogP contribution < -0.4 is 4.90 Å². The van der Waals surface area contributed by atoms with Crippen molar-refractivity contribution in [2.45, 2.75) is 0 Å². The molecular weight excluding hydrogens is 551 g/mol. The number of para-hydroxylation sites is 2. The zero-order valence-electron chi connectivity index (χ0n) is 20.2. The van der Waals surface area contributed by atoms with Crippen LogP contribution in [0.1, 0.15) is 32.1 Å². The minimum Gasteiger partial charge on any atom is -0.507 e. The fraction of sp³-hybridized carbons (Fsp3) is 0.185. The van der Waals surface area contributed by atoms with Crippen molar-refractivity contribution in [2.24, 2.45) is 0 Å². The highest BCUT2D eigenvalue weighted by molar-refractivity contribution is 6.44. The summed E-state index contributed by atoms with van der Waals surface area (Å²) in [6.07, 6.45) is 0. The van der Waals surface area contributed by atoms with Crippen molar-refractivity contribution in [3.8, 4) is 17.2 Å². The molecule has 0 atom stereocenters. The van der Waals surface area contributed by atoms with E-state index in [2.05, 4.69) is 9.88 Å². The van der Waals surface area contributed by atoms with Gasteiger partial charge in [-0.15, -0.1) is 0 Å². The summed E-state index contributed by atoms with van der Waals surface area (Å²) in [5.74, 6) is -1.07. The van der Waals surface area contributed by atoms with Gasteiger partial charge in [0.1, 0.15) is 33.2 Å². The number of phenolic OH excluding ortho intramolecular Hbond substituents is 2. The highest BCUT2D eigenvalue weighted by Gasteiger charge is 2.33. The maximum absolute atomic E-state index is 13.8. The number of anilines is 1. The van der Waals surface area contributed by atoms with Crippen LogP contribution in [0, 0.1) is 0 Å². The monoisotopic (exact) mass is 572 g/mol. The molecule has 0 spiro atoms. The van der Waals surface area contributed by atoms with E-state index in [0.29, 0.717) is 18.9 Å². The number of nitrogens with one attached hydrogen (secondary N) is 1. The van der Waals surface area contributed by atoms with Crippen molar-refractivity contribution < 1.29 is 19.8 Å². The fourth-order valence-corrected chi connectivity index (χ4v) is 5.31. The third-order valence-electron chi connectivity index (χ3n) is 6.59. The number of ketones is 2. The number of likely N-dealkylation sites (N-methyl/N-ethyl adjacent to an activating group) is 1. The third-order valence-corrected chi connectivity index (χ3v) is 7.61. The van der Waals surface area contributed by atoms with Crippen LogP contribution >= 0.6 is 34.8 Å². The number of carbonyl (C=O) groups excluding carboxylic acids is 2. The van der Waals surface area contributed by atoms with E-state index < -0.39 is 11.6 Å². The van der Waals surface area contributed by atoms with Crippen molar-refractivity contribution in [2.75, 3.05) is 38.1 Å². The van der Waals surface area contributed by atoms with E-state index in [1.165, 1.54) is 34.9 Å². The van der Waals surface area contributed by atoms with Gasteiger partial charge in [0.25, 0.3) is 0 Å². The van der Waals surface area contributed by atoms with E-state index in [1.807, 2.05) is 11.9 Å². The van der Waals surface area contributed by atoms with Crippen LogP contribution in [0.2, 0.25) is 15.2 Å². The molecule has 4 aromatic rings. The van der Waals surface area contributed by atoms with E-state index in [0.717, 1.165) is 13.1 Å². The molecular formula is C27H23Cl3N4O4. The number of phenols is 2. The zero-order chi connectivity index (χ0) is 27.1. The molecule has 0 radical (unpaired) electrons. The molecule has 1 aliphatic rings. The number of hydrogen-bond acceptors (Lipinski definition) is 6. The van der Waals surface area contributed by atoms with Crippen molar-refractivity contribution in [1.82, 2.24) is 14.5 Å². The Balaban J connectivity index is 1.77. The molecule has 3 heterocycles. The van der Waals surface area contributed by atoms with Gasteiger partial charge in [-0.25, -0.2) is 0 Å². The Morgan fingerprint density at radius 1 is 0.842 bits per heavy atom. The molecule has 196 valence electrons. The summed E-state index contributed by atoms with van der Waals surface area (Å²) >= 11 is 19.9. The molecule has 2 aromatic heterocycles. The fourth-order valence-electron chi connectivity index (χ4n) is 4.59. The molecule has 2 aromatic carbocycles. The first-order valence-corrected chi connectivity index (χ1v) is 12.9. The number of aromatic hydroxyl groups is 2. The zero-order valence-corrected chi connectivity index (χ0v) is 22.5. The Labute approximate surface area is 233 Å². The van der Waals surface area contributed by atoms with Crippen LogP contribution in [0.4, 0.5) is 5.82 Å². The summed E-state index contributed by atoms with van der Waals surface area (Å²) in [7, 11) is 2.01. The molecule has 11 heteroatoms. The normalized spacial score (nSPS) is 14.2. The Bertz CT molecular complexity index is 1550. The van der Waals surface area contributed by atoms with Crippen LogP contribution in [0.15, 0.2) is 54.6 Å². The van der Waals surface area contributed by atoms with Gasteiger partial charge in [0.2, 0.25) is 11.6 Å². The number of halogens is 3. The molecule has 1 aliphatic heterocycles. The second-order valence-electron chi connectivity index (χ2n) is 9.00. The standard InChI is InChI=1S/C27H23Cl3N4O4/c1-32-10-12-33(13-11-32)27-17(28)14-18(24(37)15-6-2-4-8-19(15)35)34(27)23-21(29)26(30)31-22(23)25(38)16-7-3-5-9-20(16)36/h2-9,14,31,35-36H,10-13H2,1H3. The molecule has 5 rings (SSSR count). The SMILES string of the molecule is CN1CCN(c2c(Cl)cc(C(=O)c3ccccc3O)n2-c2c(C(=O)c3ccccc3O)[nH]c(Cl)c2Cl)CC1. The van der Waals surface area contributed by atoms with Crippen molar-refractivity contribution >= 4 is 52.2 Å². The van der Waals surface area contributed by atoms with Gasteiger partial charge >= 0.3 is 0 Å². The van der Waals surface area contributed by atoms with Crippen LogP contribution in [-0.2, 0) is 0 Å². The minimum atomic E-state index is -0.581. The van der Waals surface area contributed by atoms with E-state index in [9.17, 15) is 19.8 Å². The van der Waals surface area contributed by atoms with Crippen LogP contribution in [-0.4, -0.2) is 69.5 Å². The third kappa shape index (κ3) is 4.54. The topological polar surface area (TPSA) is 102 Å². The Morgan fingerprint density at radius 2 is 1.39 bits per heavy atom. The van der Waals surface area contributed by atoms with Gasteiger partial charge in [-0.05, 0) is 37.4 Å². The van der Waals surface area contributed by atoms with Crippen molar-refractivity contribution in [3.05, 3.63) is 92.3 Å². The number of carbonyl (C=O) groups is 2. The van der Waals surface area contributed by atoms with E-state index in [1.54, 1.807) is 24.3 Å². The van der Waals surface area contributed by atoms with Gasteiger partial charge in [0, 0.05) is 26.2 Å². The van der Waals surface area contributed by atoms with Gasteiger partial charge < -0.3 is 25.0 Å². The van der Waals surface area contributed by atoms with Crippen LogP contribution in [0.3, 0.4) is 0 Å². The quantitative estimate of drug-likeness (QED) is 0.267. The molecule has 38 heavy (non-hydrogen) atoms. The van der Waals surface area contributed by atoms with Gasteiger partial charge in [-0.3, -0.25) is 14.2 Å². The van der Waals surface area contributed by atoms with E-state index in [4.69, 9.17) is 34.8 Å².